The second-order valence-corrected chi connectivity index (χ2v) is 7.23. The van der Waals surface area contributed by atoms with Crippen molar-refractivity contribution in [3.05, 3.63) is 59.2 Å². The van der Waals surface area contributed by atoms with Crippen LogP contribution in [0.15, 0.2) is 47.5 Å². The van der Waals surface area contributed by atoms with E-state index < -0.39 is 0 Å². The summed E-state index contributed by atoms with van der Waals surface area (Å²) in [6.07, 6.45) is 2.08. The number of aryl methyl sites for hydroxylation is 1. The first-order chi connectivity index (χ1) is 13.6. The Kier molecular flexibility index (Phi) is 9.07. The molecule has 1 aliphatic heterocycles. The molecule has 0 amide bonds. The maximum absolute atomic E-state index is 5.42. The molecule has 0 radical (unpaired) electrons. The Labute approximate surface area is 191 Å². The number of guanidine groups is 1. The summed E-state index contributed by atoms with van der Waals surface area (Å²) in [5.41, 5.74) is 3.80. The van der Waals surface area contributed by atoms with Gasteiger partial charge in [0.15, 0.2) is 5.96 Å². The number of aliphatic imine (C=N–C) groups is 1. The fraction of sp³-hybridized carbons (Fsp3) is 0.435. The molecule has 1 heterocycles. The van der Waals surface area contributed by atoms with Crippen LogP contribution in [0.3, 0.4) is 0 Å². The Bertz CT molecular complexity index is 808. The number of likely N-dealkylation sites (tertiary alicyclic amines) is 1. The molecule has 1 aliphatic rings. The summed E-state index contributed by atoms with van der Waals surface area (Å²) in [4.78, 5) is 6.84. The second kappa shape index (κ2) is 11.3. The zero-order valence-corrected chi connectivity index (χ0v) is 20.1. The highest BCUT2D eigenvalue weighted by Gasteiger charge is 2.25. The normalized spacial score (nSPS) is 16.3. The van der Waals surface area contributed by atoms with Crippen molar-refractivity contribution in [3.8, 4) is 11.5 Å². The first-order valence-corrected chi connectivity index (χ1v) is 9.87. The maximum atomic E-state index is 5.42. The van der Waals surface area contributed by atoms with Crippen LogP contribution in [0.2, 0.25) is 0 Å². The summed E-state index contributed by atoms with van der Waals surface area (Å²) >= 11 is 0. The van der Waals surface area contributed by atoms with Gasteiger partial charge in [0, 0.05) is 32.6 Å². The summed E-state index contributed by atoms with van der Waals surface area (Å²) in [6, 6.07) is 14.8. The molecule has 6 heteroatoms. The van der Waals surface area contributed by atoms with Crippen molar-refractivity contribution in [2.45, 2.75) is 25.7 Å². The molecule has 1 N–H and O–H groups in total. The second-order valence-electron chi connectivity index (χ2n) is 7.23. The molecular weight excluding hydrogens is 477 g/mol. The summed E-state index contributed by atoms with van der Waals surface area (Å²) < 4.78 is 10.7. The van der Waals surface area contributed by atoms with E-state index in [1.807, 2.05) is 19.2 Å². The van der Waals surface area contributed by atoms with Crippen LogP contribution in [0, 0.1) is 6.92 Å². The van der Waals surface area contributed by atoms with Gasteiger partial charge >= 0.3 is 0 Å². The third-order valence-electron chi connectivity index (χ3n) is 5.46. The van der Waals surface area contributed by atoms with Crippen molar-refractivity contribution in [3.63, 3.8) is 0 Å². The Morgan fingerprint density at radius 1 is 1.14 bits per heavy atom. The number of nitrogens with one attached hydrogen (secondary N) is 1. The molecule has 1 unspecified atom stereocenters. The highest BCUT2D eigenvalue weighted by molar-refractivity contribution is 14.0. The number of methoxy groups -OCH3 is 2. The Hall–Kier alpha value is -1.96. The van der Waals surface area contributed by atoms with Crippen molar-refractivity contribution < 1.29 is 9.47 Å². The van der Waals surface area contributed by atoms with Gasteiger partial charge in [-0.15, -0.1) is 24.0 Å². The van der Waals surface area contributed by atoms with Gasteiger partial charge < -0.3 is 19.7 Å². The van der Waals surface area contributed by atoms with Crippen molar-refractivity contribution in [2.75, 3.05) is 40.9 Å². The lowest BCUT2D eigenvalue weighted by atomic mass is 9.98. The molecule has 1 fully saturated rings. The van der Waals surface area contributed by atoms with Crippen molar-refractivity contribution in [2.24, 2.45) is 4.99 Å². The third-order valence-corrected chi connectivity index (χ3v) is 5.46. The lowest BCUT2D eigenvalue weighted by Crippen LogP contribution is -2.40. The van der Waals surface area contributed by atoms with Crippen LogP contribution in [-0.2, 0) is 6.42 Å². The highest BCUT2D eigenvalue weighted by atomic mass is 127. The van der Waals surface area contributed by atoms with Crippen LogP contribution in [-0.4, -0.2) is 51.8 Å². The molecule has 158 valence electrons. The van der Waals surface area contributed by atoms with Gasteiger partial charge in [0.1, 0.15) is 11.5 Å². The molecule has 1 atom stereocenters. The Morgan fingerprint density at radius 3 is 2.55 bits per heavy atom. The number of hydrogen-bond donors (Lipinski definition) is 1. The molecular formula is C23H32IN3O2. The van der Waals surface area contributed by atoms with Crippen LogP contribution < -0.4 is 14.8 Å². The average Bonchev–Trinajstić information content (AvgIpc) is 3.22. The SMILES string of the molecule is CN=C(NCCc1ccc(C)c(OC)c1)N1CCC(c2ccc(OC)cc2)C1.I. The lowest BCUT2D eigenvalue weighted by molar-refractivity contribution is 0.411. The molecule has 0 bridgehead atoms. The van der Waals surface area contributed by atoms with Gasteiger partial charge in [0.05, 0.1) is 14.2 Å². The molecule has 0 aromatic heterocycles. The quantitative estimate of drug-likeness (QED) is 0.360. The summed E-state index contributed by atoms with van der Waals surface area (Å²) in [7, 11) is 5.28. The first-order valence-electron chi connectivity index (χ1n) is 9.87. The zero-order chi connectivity index (χ0) is 19.9. The topological polar surface area (TPSA) is 46.1 Å². The molecule has 2 aromatic carbocycles. The monoisotopic (exact) mass is 509 g/mol. The molecule has 2 aromatic rings. The van der Waals surface area contributed by atoms with E-state index >= 15 is 0 Å². The van der Waals surface area contributed by atoms with Gasteiger partial charge in [-0.3, -0.25) is 4.99 Å². The Balaban J connectivity index is 0.00000300. The first kappa shape index (κ1) is 23.3. The molecule has 0 saturated carbocycles. The van der Waals surface area contributed by atoms with Gasteiger partial charge in [-0.05, 0) is 54.7 Å². The number of hydrogen-bond acceptors (Lipinski definition) is 3. The van der Waals surface area contributed by atoms with Crippen LogP contribution >= 0.6 is 24.0 Å². The minimum Gasteiger partial charge on any atom is -0.497 e. The van der Waals surface area contributed by atoms with E-state index in [0.29, 0.717) is 5.92 Å². The number of benzene rings is 2. The van der Waals surface area contributed by atoms with Crippen molar-refractivity contribution in [1.82, 2.24) is 10.2 Å². The van der Waals surface area contributed by atoms with Gasteiger partial charge in [0.2, 0.25) is 0 Å². The number of ether oxygens (including phenoxy) is 2. The molecule has 0 spiro atoms. The van der Waals surface area contributed by atoms with Crippen LogP contribution in [0.4, 0.5) is 0 Å². The summed E-state index contributed by atoms with van der Waals surface area (Å²) in [6.45, 7) is 4.93. The smallest absolute Gasteiger partial charge is 0.193 e. The van der Waals surface area contributed by atoms with Gasteiger partial charge in [-0.1, -0.05) is 24.3 Å². The van der Waals surface area contributed by atoms with Crippen LogP contribution in [0.25, 0.3) is 0 Å². The predicted octanol–water partition coefficient (Wildman–Crippen LogP) is 4.24. The molecule has 29 heavy (non-hydrogen) atoms. The molecule has 0 aliphatic carbocycles. The number of nitrogens with zero attached hydrogens (tertiary/aromatic N) is 2. The fourth-order valence-corrected chi connectivity index (χ4v) is 3.77. The standard InChI is InChI=1S/C23H31N3O2.HI/c1-17-5-6-18(15-22(17)28-4)11-13-25-23(24-2)26-14-12-20(16-26)19-7-9-21(27-3)10-8-19;/h5-10,15,20H,11-14,16H2,1-4H3,(H,24,25);1H. The van der Waals surface area contributed by atoms with Crippen LogP contribution in [0.5, 0.6) is 11.5 Å². The van der Waals surface area contributed by atoms with Crippen molar-refractivity contribution in [1.29, 1.82) is 0 Å². The number of halogens is 1. The summed E-state index contributed by atoms with van der Waals surface area (Å²) in [5, 5.41) is 3.52. The molecule has 5 nitrogen and oxygen atoms in total. The van der Waals surface area contributed by atoms with E-state index in [1.165, 1.54) is 11.1 Å². The maximum Gasteiger partial charge on any atom is 0.193 e. The van der Waals surface area contributed by atoms with E-state index in [-0.39, 0.29) is 24.0 Å². The predicted molar refractivity (Wildman–Crippen MR) is 130 cm³/mol. The zero-order valence-electron chi connectivity index (χ0n) is 17.8. The van der Waals surface area contributed by atoms with Crippen LogP contribution in [0.1, 0.15) is 29.0 Å². The average molecular weight is 509 g/mol. The third kappa shape index (κ3) is 6.01. The van der Waals surface area contributed by atoms with E-state index in [9.17, 15) is 0 Å². The highest BCUT2D eigenvalue weighted by Crippen LogP contribution is 2.28. The number of rotatable bonds is 6. The van der Waals surface area contributed by atoms with E-state index in [4.69, 9.17) is 9.47 Å². The van der Waals surface area contributed by atoms with Gasteiger partial charge in [-0.2, -0.15) is 0 Å². The Morgan fingerprint density at radius 2 is 1.90 bits per heavy atom. The fourth-order valence-electron chi connectivity index (χ4n) is 3.77. The minimum absolute atomic E-state index is 0. The minimum atomic E-state index is 0. The van der Waals surface area contributed by atoms with Gasteiger partial charge in [-0.25, -0.2) is 0 Å². The van der Waals surface area contributed by atoms with E-state index in [1.54, 1.807) is 14.2 Å². The van der Waals surface area contributed by atoms with Gasteiger partial charge in [0.25, 0.3) is 0 Å². The molecule has 1 saturated heterocycles. The lowest BCUT2D eigenvalue weighted by Gasteiger charge is -2.22. The molecule has 3 rings (SSSR count). The largest absolute Gasteiger partial charge is 0.497 e. The summed E-state index contributed by atoms with van der Waals surface area (Å²) in [5.74, 6) is 3.37. The van der Waals surface area contributed by atoms with E-state index in [0.717, 1.165) is 55.5 Å². The van der Waals surface area contributed by atoms with E-state index in [2.05, 4.69) is 52.5 Å². The van der Waals surface area contributed by atoms with Crippen molar-refractivity contribution >= 4 is 29.9 Å².